The van der Waals surface area contributed by atoms with Gasteiger partial charge in [0.1, 0.15) is 11.3 Å². The Morgan fingerprint density at radius 3 is 2.62 bits per heavy atom. The first-order valence-corrected chi connectivity index (χ1v) is 8.62. The molecule has 3 atom stereocenters. The van der Waals surface area contributed by atoms with E-state index in [1.807, 2.05) is 0 Å². The van der Waals surface area contributed by atoms with Crippen LogP contribution in [0.5, 0.6) is 0 Å². The van der Waals surface area contributed by atoms with Crippen molar-refractivity contribution in [2.75, 3.05) is 5.88 Å². The Kier molecular flexibility index (Phi) is 4.00. The number of rotatable bonds is 4. The zero-order valence-corrected chi connectivity index (χ0v) is 14.2. The number of imidazole rings is 1. The standard InChI is InChI=1S/C16H25ClN4/c1-5-20-16-15(12(4)19-20)18-14(8-9-17)21(16)13-7-6-10(2)11(13)3/h10-11,13H,5-9H2,1-4H3. The van der Waals surface area contributed by atoms with Crippen molar-refractivity contribution in [1.29, 1.82) is 0 Å². The average Bonchev–Trinajstić information content (AvgIpc) is 3.08. The second-order valence-corrected chi connectivity index (χ2v) is 6.77. The van der Waals surface area contributed by atoms with Crippen molar-refractivity contribution in [3.63, 3.8) is 0 Å². The Morgan fingerprint density at radius 2 is 2.05 bits per heavy atom. The third-order valence-corrected chi connectivity index (χ3v) is 5.38. The van der Waals surface area contributed by atoms with Gasteiger partial charge >= 0.3 is 0 Å². The van der Waals surface area contributed by atoms with E-state index in [9.17, 15) is 0 Å². The molecule has 0 spiro atoms. The largest absolute Gasteiger partial charge is 0.309 e. The predicted octanol–water partition coefficient (Wildman–Crippen LogP) is 3.95. The molecule has 5 heteroatoms. The van der Waals surface area contributed by atoms with Gasteiger partial charge in [-0.1, -0.05) is 13.8 Å². The van der Waals surface area contributed by atoms with Gasteiger partial charge in [0.25, 0.3) is 0 Å². The monoisotopic (exact) mass is 308 g/mol. The minimum atomic E-state index is 0.532. The molecule has 0 saturated heterocycles. The van der Waals surface area contributed by atoms with E-state index in [2.05, 4.69) is 42.0 Å². The lowest BCUT2D eigenvalue weighted by Crippen LogP contribution is -2.19. The molecule has 1 saturated carbocycles. The van der Waals surface area contributed by atoms with E-state index in [0.717, 1.165) is 35.9 Å². The third-order valence-electron chi connectivity index (χ3n) is 5.19. The summed E-state index contributed by atoms with van der Waals surface area (Å²) in [5.41, 5.74) is 3.28. The number of halogens is 1. The lowest BCUT2D eigenvalue weighted by atomic mass is 9.97. The maximum Gasteiger partial charge on any atom is 0.159 e. The molecule has 3 unspecified atom stereocenters. The number of alkyl halides is 1. The van der Waals surface area contributed by atoms with E-state index < -0.39 is 0 Å². The molecule has 0 aliphatic heterocycles. The molecule has 3 rings (SSSR count). The number of nitrogens with zero attached hydrogens (tertiary/aromatic N) is 4. The molecule has 0 radical (unpaired) electrons. The first kappa shape index (κ1) is 14.9. The first-order valence-electron chi connectivity index (χ1n) is 8.08. The van der Waals surface area contributed by atoms with Gasteiger partial charge in [0, 0.05) is 24.9 Å². The molecule has 1 aliphatic rings. The summed E-state index contributed by atoms with van der Waals surface area (Å²) >= 11 is 6.01. The van der Waals surface area contributed by atoms with Gasteiger partial charge in [-0.25, -0.2) is 9.67 Å². The van der Waals surface area contributed by atoms with Crippen molar-refractivity contribution in [2.45, 2.75) is 59.5 Å². The van der Waals surface area contributed by atoms with E-state index in [4.69, 9.17) is 16.6 Å². The fourth-order valence-corrected chi connectivity index (χ4v) is 3.94. The van der Waals surface area contributed by atoms with E-state index in [0.29, 0.717) is 17.8 Å². The summed E-state index contributed by atoms with van der Waals surface area (Å²) in [4.78, 5) is 4.87. The maximum absolute atomic E-state index is 6.01. The minimum Gasteiger partial charge on any atom is -0.309 e. The summed E-state index contributed by atoms with van der Waals surface area (Å²) in [5.74, 6) is 3.20. The van der Waals surface area contributed by atoms with Gasteiger partial charge in [-0.2, -0.15) is 5.10 Å². The molecule has 2 aromatic heterocycles. The molecule has 0 aromatic carbocycles. The van der Waals surface area contributed by atoms with Gasteiger partial charge in [0.05, 0.1) is 5.69 Å². The van der Waals surface area contributed by atoms with Gasteiger partial charge in [-0.05, 0) is 38.5 Å². The number of hydrogen-bond acceptors (Lipinski definition) is 2. The second kappa shape index (κ2) is 5.64. The zero-order valence-electron chi connectivity index (χ0n) is 13.4. The van der Waals surface area contributed by atoms with Crippen molar-refractivity contribution in [2.24, 2.45) is 11.8 Å². The van der Waals surface area contributed by atoms with E-state index >= 15 is 0 Å². The third kappa shape index (κ3) is 2.28. The highest BCUT2D eigenvalue weighted by Crippen LogP contribution is 2.42. The Morgan fingerprint density at radius 1 is 1.29 bits per heavy atom. The Balaban J connectivity index is 2.20. The van der Waals surface area contributed by atoms with Crippen LogP contribution >= 0.6 is 11.6 Å². The van der Waals surface area contributed by atoms with Crippen LogP contribution in [-0.4, -0.2) is 25.2 Å². The average molecular weight is 309 g/mol. The molecule has 0 bridgehead atoms. The maximum atomic E-state index is 6.01. The van der Waals surface area contributed by atoms with Gasteiger partial charge in [0.15, 0.2) is 5.65 Å². The number of aryl methyl sites for hydroxylation is 3. The molecule has 2 heterocycles. The quantitative estimate of drug-likeness (QED) is 0.802. The van der Waals surface area contributed by atoms with E-state index in [1.54, 1.807) is 0 Å². The van der Waals surface area contributed by atoms with Crippen LogP contribution in [0.2, 0.25) is 0 Å². The lowest BCUT2D eigenvalue weighted by Gasteiger charge is -2.23. The predicted molar refractivity (Wildman–Crippen MR) is 87.0 cm³/mol. The molecule has 1 aliphatic carbocycles. The molecular formula is C16H25ClN4. The highest BCUT2D eigenvalue weighted by atomic mass is 35.5. The number of aromatic nitrogens is 4. The topological polar surface area (TPSA) is 35.6 Å². The zero-order chi connectivity index (χ0) is 15.1. The molecular weight excluding hydrogens is 284 g/mol. The normalized spacial score (nSPS) is 26.0. The van der Waals surface area contributed by atoms with Crippen LogP contribution in [0.1, 0.15) is 51.2 Å². The van der Waals surface area contributed by atoms with E-state index in [-0.39, 0.29) is 0 Å². The molecule has 21 heavy (non-hydrogen) atoms. The number of hydrogen-bond donors (Lipinski definition) is 0. The Bertz CT molecular complexity index is 642. The summed E-state index contributed by atoms with van der Waals surface area (Å²) in [6, 6.07) is 0.532. The van der Waals surface area contributed by atoms with Crippen LogP contribution in [0.15, 0.2) is 0 Å². The summed E-state index contributed by atoms with van der Waals surface area (Å²) in [5, 5.41) is 4.65. The van der Waals surface area contributed by atoms with Crippen molar-refractivity contribution >= 4 is 22.8 Å². The molecule has 2 aromatic rings. The van der Waals surface area contributed by atoms with Crippen LogP contribution in [0.3, 0.4) is 0 Å². The minimum absolute atomic E-state index is 0.532. The smallest absolute Gasteiger partial charge is 0.159 e. The summed E-state index contributed by atoms with van der Waals surface area (Å²) in [6.07, 6.45) is 3.36. The van der Waals surface area contributed by atoms with E-state index in [1.165, 1.54) is 18.5 Å². The molecule has 1 fully saturated rings. The SMILES string of the molecule is CCn1nc(C)c2nc(CCCl)n(C3CCC(C)C3C)c21. The summed E-state index contributed by atoms with van der Waals surface area (Å²) in [6.45, 7) is 9.82. The van der Waals surface area contributed by atoms with Crippen molar-refractivity contribution < 1.29 is 0 Å². The highest BCUT2D eigenvalue weighted by molar-refractivity contribution is 6.17. The summed E-state index contributed by atoms with van der Waals surface area (Å²) < 4.78 is 4.56. The molecule has 116 valence electrons. The lowest BCUT2D eigenvalue weighted by molar-refractivity contribution is 0.349. The first-order chi connectivity index (χ1) is 10.1. The van der Waals surface area contributed by atoms with Crippen molar-refractivity contribution in [3.8, 4) is 0 Å². The van der Waals surface area contributed by atoms with Crippen molar-refractivity contribution in [1.82, 2.24) is 19.3 Å². The highest BCUT2D eigenvalue weighted by Gasteiger charge is 2.34. The fourth-order valence-electron chi connectivity index (χ4n) is 3.77. The summed E-state index contributed by atoms with van der Waals surface area (Å²) in [7, 11) is 0. The Labute approximate surface area is 131 Å². The molecule has 0 N–H and O–H groups in total. The molecule has 0 amide bonds. The van der Waals surface area contributed by atoms with Gasteiger partial charge in [0.2, 0.25) is 0 Å². The second-order valence-electron chi connectivity index (χ2n) is 6.39. The van der Waals surface area contributed by atoms with Crippen LogP contribution in [0.25, 0.3) is 11.2 Å². The molecule has 4 nitrogen and oxygen atoms in total. The van der Waals surface area contributed by atoms with Gasteiger partial charge < -0.3 is 4.57 Å². The van der Waals surface area contributed by atoms with Crippen LogP contribution in [0, 0.1) is 18.8 Å². The van der Waals surface area contributed by atoms with Gasteiger partial charge in [-0.15, -0.1) is 11.6 Å². The Hall–Kier alpha value is -1.03. The van der Waals surface area contributed by atoms with Crippen molar-refractivity contribution in [3.05, 3.63) is 11.5 Å². The fraction of sp³-hybridized carbons (Fsp3) is 0.750. The number of fused-ring (bicyclic) bond motifs is 1. The van der Waals surface area contributed by atoms with Gasteiger partial charge in [-0.3, -0.25) is 0 Å². The van der Waals surface area contributed by atoms with Crippen LogP contribution in [-0.2, 0) is 13.0 Å². The van der Waals surface area contributed by atoms with Crippen LogP contribution in [0.4, 0.5) is 0 Å². The van der Waals surface area contributed by atoms with Crippen LogP contribution < -0.4 is 0 Å².